The zero-order valence-corrected chi connectivity index (χ0v) is 13.2. The van der Waals surface area contributed by atoms with Crippen LogP contribution in [0.15, 0.2) is 24.3 Å². The van der Waals surface area contributed by atoms with E-state index in [1.807, 2.05) is 12.1 Å². The molecular formula is C16H25ClN2O. The third-order valence-corrected chi connectivity index (χ3v) is 4.24. The largest absolute Gasteiger partial charge is 0.380 e. The molecule has 1 aromatic carbocycles. The van der Waals surface area contributed by atoms with Gasteiger partial charge in [0.05, 0.1) is 6.61 Å². The van der Waals surface area contributed by atoms with Gasteiger partial charge in [0.25, 0.3) is 0 Å². The highest BCUT2D eigenvalue weighted by Gasteiger charge is 2.21. The van der Waals surface area contributed by atoms with Crippen LogP contribution in [0.2, 0.25) is 5.02 Å². The topological polar surface area (TPSA) is 24.5 Å². The predicted octanol–water partition coefficient (Wildman–Crippen LogP) is 3.10. The molecule has 1 saturated heterocycles. The summed E-state index contributed by atoms with van der Waals surface area (Å²) in [6.45, 7) is 5.96. The van der Waals surface area contributed by atoms with Crippen molar-refractivity contribution in [2.75, 3.05) is 33.4 Å². The lowest BCUT2D eigenvalue weighted by Crippen LogP contribution is -2.35. The number of likely N-dealkylation sites (N-methyl/N-ethyl adjacent to an activating group) is 1. The highest BCUT2D eigenvalue weighted by molar-refractivity contribution is 6.30. The summed E-state index contributed by atoms with van der Waals surface area (Å²) in [5.41, 5.74) is 1.27. The van der Waals surface area contributed by atoms with E-state index in [4.69, 9.17) is 16.3 Å². The highest BCUT2D eigenvalue weighted by Crippen LogP contribution is 2.21. The van der Waals surface area contributed by atoms with Gasteiger partial charge in [-0.1, -0.05) is 30.7 Å². The van der Waals surface area contributed by atoms with E-state index >= 15 is 0 Å². The molecule has 1 aliphatic heterocycles. The molecule has 2 atom stereocenters. The van der Waals surface area contributed by atoms with Crippen molar-refractivity contribution < 1.29 is 4.74 Å². The summed E-state index contributed by atoms with van der Waals surface area (Å²) >= 11 is 6.10. The molecule has 2 unspecified atom stereocenters. The van der Waals surface area contributed by atoms with Crippen molar-refractivity contribution in [3.05, 3.63) is 34.9 Å². The van der Waals surface area contributed by atoms with Crippen LogP contribution in [0.25, 0.3) is 0 Å². The summed E-state index contributed by atoms with van der Waals surface area (Å²) in [7, 11) is 2.19. The van der Waals surface area contributed by atoms with Crippen LogP contribution in [-0.4, -0.2) is 44.3 Å². The summed E-state index contributed by atoms with van der Waals surface area (Å²) in [5.74, 6) is 0. The number of hydrogen-bond donors (Lipinski definition) is 1. The van der Waals surface area contributed by atoms with Gasteiger partial charge in [-0.25, -0.2) is 0 Å². The molecule has 3 nitrogen and oxygen atoms in total. The van der Waals surface area contributed by atoms with Gasteiger partial charge in [0, 0.05) is 30.3 Å². The van der Waals surface area contributed by atoms with Gasteiger partial charge in [-0.2, -0.15) is 0 Å². The van der Waals surface area contributed by atoms with Gasteiger partial charge in [0.2, 0.25) is 0 Å². The molecule has 0 aliphatic carbocycles. The molecule has 0 bridgehead atoms. The Morgan fingerprint density at radius 3 is 3.00 bits per heavy atom. The van der Waals surface area contributed by atoms with Crippen molar-refractivity contribution in [1.29, 1.82) is 0 Å². The standard InChI is InChI=1S/C16H25ClN2O/c1-3-18-16(13-5-4-6-14(17)11-13)7-9-19(2)15-8-10-20-12-15/h4-6,11,15-16,18H,3,7-10,12H2,1-2H3. The first-order chi connectivity index (χ1) is 9.70. The molecule has 20 heavy (non-hydrogen) atoms. The number of ether oxygens (including phenoxy) is 1. The molecule has 1 aromatic rings. The normalized spacial score (nSPS) is 20.5. The lowest BCUT2D eigenvalue weighted by Gasteiger charge is -2.26. The van der Waals surface area contributed by atoms with Crippen molar-refractivity contribution in [1.82, 2.24) is 10.2 Å². The molecule has 0 saturated carbocycles. The second-order valence-electron chi connectivity index (χ2n) is 5.45. The maximum Gasteiger partial charge on any atom is 0.0622 e. The summed E-state index contributed by atoms with van der Waals surface area (Å²) in [4.78, 5) is 2.42. The van der Waals surface area contributed by atoms with Crippen molar-refractivity contribution in [3.8, 4) is 0 Å². The van der Waals surface area contributed by atoms with E-state index in [2.05, 4.69) is 36.3 Å². The summed E-state index contributed by atoms with van der Waals surface area (Å²) < 4.78 is 5.46. The van der Waals surface area contributed by atoms with Gasteiger partial charge in [0.15, 0.2) is 0 Å². The Bertz CT molecular complexity index is 407. The Labute approximate surface area is 127 Å². The minimum absolute atomic E-state index is 0.364. The van der Waals surface area contributed by atoms with Gasteiger partial charge in [-0.05, 0) is 44.1 Å². The Morgan fingerprint density at radius 1 is 1.50 bits per heavy atom. The van der Waals surface area contributed by atoms with Crippen molar-refractivity contribution in [2.45, 2.75) is 31.8 Å². The fourth-order valence-corrected chi connectivity index (χ4v) is 2.94. The minimum atomic E-state index is 0.364. The van der Waals surface area contributed by atoms with Crippen LogP contribution in [0.5, 0.6) is 0 Å². The van der Waals surface area contributed by atoms with E-state index in [9.17, 15) is 0 Å². The lowest BCUT2D eigenvalue weighted by atomic mass is 10.0. The molecule has 1 fully saturated rings. The Morgan fingerprint density at radius 2 is 2.35 bits per heavy atom. The summed E-state index contributed by atoms with van der Waals surface area (Å²) in [6.07, 6.45) is 2.24. The smallest absolute Gasteiger partial charge is 0.0622 e. The monoisotopic (exact) mass is 296 g/mol. The van der Waals surface area contributed by atoms with Crippen molar-refractivity contribution in [2.24, 2.45) is 0 Å². The Balaban J connectivity index is 1.91. The summed E-state index contributed by atoms with van der Waals surface area (Å²) in [5, 5.41) is 4.36. The van der Waals surface area contributed by atoms with Crippen LogP contribution in [0.3, 0.4) is 0 Å². The zero-order chi connectivity index (χ0) is 14.4. The van der Waals surface area contributed by atoms with Crippen LogP contribution in [0.1, 0.15) is 31.4 Å². The molecule has 4 heteroatoms. The average Bonchev–Trinajstić information content (AvgIpc) is 2.97. The number of benzene rings is 1. The Kier molecular flexibility index (Phi) is 6.30. The second kappa shape index (κ2) is 7.99. The molecule has 2 rings (SSSR count). The molecule has 1 N–H and O–H groups in total. The van der Waals surface area contributed by atoms with Crippen LogP contribution >= 0.6 is 11.6 Å². The molecule has 0 aromatic heterocycles. The van der Waals surface area contributed by atoms with E-state index < -0.39 is 0 Å². The maximum absolute atomic E-state index is 6.10. The first kappa shape index (κ1) is 15.8. The van der Waals surface area contributed by atoms with E-state index in [0.717, 1.165) is 44.2 Å². The maximum atomic E-state index is 6.10. The quantitative estimate of drug-likeness (QED) is 0.837. The molecular weight excluding hydrogens is 272 g/mol. The van der Waals surface area contributed by atoms with E-state index in [1.165, 1.54) is 5.56 Å². The Hall–Kier alpha value is -0.610. The minimum Gasteiger partial charge on any atom is -0.380 e. The van der Waals surface area contributed by atoms with Gasteiger partial charge < -0.3 is 15.0 Å². The van der Waals surface area contributed by atoms with Gasteiger partial charge in [0.1, 0.15) is 0 Å². The zero-order valence-electron chi connectivity index (χ0n) is 12.4. The van der Waals surface area contributed by atoms with Crippen LogP contribution < -0.4 is 5.32 Å². The lowest BCUT2D eigenvalue weighted by molar-refractivity contribution is 0.156. The van der Waals surface area contributed by atoms with Crippen molar-refractivity contribution in [3.63, 3.8) is 0 Å². The number of rotatable bonds is 7. The number of hydrogen-bond acceptors (Lipinski definition) is 3. The second-order valence-corrected chi connectivity index (χ2v) is 5.89. The average molecular weight is 297 g/mol. The van der Waals surface area contributed by atoms with Gasteiger partial charge in [-0.3, -0.25) is 0 Å². The van der Waals surface area contributed by atoms with Crippen LogP contribution in [-0.2, 0) is 4.74 Å². The molecule has 0 spiro atoms. The molecule has 1 aliphatic rings. The molecule has 1 heterocycles. The molecule has 0 amide bonds. The third kappa shape index (κ3) is 4.45. The number of halogens is 1. The SMILES string of the molecule is CCNC(CCN(C)C1CCOC1)c1cccc(Cl)c1. The van der Waals surface area contributed by atoms with Gasteiger partial charge in [-0.15, -0.1) is 0 Å². The van der Waals surface area contributed by atoms with Gasteiger partial charge >= 0.3 is 0 Å². The fourth-order valence-electron chi connectivity index (χ4n) is 2.74. The van der Waals surface area contributed by atoms with Crippen LogP contribution in [0.4, 0.5) is 0 Å². The first-order valence-corrected chi connectivity index (χ1v) is 7.85. The summed E-state index contributed by atoms with van der Waals surface area (Å²) in [6, 6.07) is 9.11. The fraction of sp³-hybridized carbons (Fsp3) is 0.625. The third-order valence-electron chi connectivity index (χ3n) is 4.00. The van der Waals surface area contributed by atoms with E-state index in [0.29, 0.717) is 12.1 Å². The predicted molar refractivity (Wildman–Crippen MR) is 84.3 cm³/mol. The molecule has 0 radical (unpaired) electrons. The molecule has 112 valence electrons. The highest BCUT2D eigenvalue weighted by atomic mass is 35.5. The van der Waals surface area contributed by atoms with E-state index in [-0.39, 0.29) is 0 Å². The van der Waals surface area contributed by atoms with E-state index in [1.54, 1.807) is 0 Å². The first-order valence-electron chi connectivity index (χ1n) is 7.47. The number of nitrogens with one attached hydrogen (secondary N) is 1. The number of nitrogens with zero attached hydrogens (tertiary/aromatic N) is 1. The van der Waals surface area contributed by atoms with Crippen molar-refractivity contribution >= 4 is 11.6 Å². The van der Waals surface area contributed by atoms with Crippen LogP contribution in [0, 0.1) is 0 Å².